The van der Waals surface area contributed by atoms with Crippen molar-refractivity contribution in [1.82, 2.24) is 9.73 Å². The zero-order valence-electron chi connectivity index (χ0n) is 21.1. The summed E-state index contributed by atoms with van der Waals surface area (Å²) >= 11 is 0. The van der Waals surface area contributed by atoms with Crippen molar-refractivity contribution in [2.24, 2.45) is 0 Å². The monoisotopic (exact) mass is 494 g/mol. The highest BCUT2D eigenvalue weighted by molar-refractivity contribution is 7.44. The molecule has 2 amide bonds. The van der Waals surface area contributed by atoms with Gasteiger partial charge in [-0.2, -0.15) is 0 Å². The van der Waals surface area contributed by atoms with Crippen LogP contribution in [0.1, 0.15) is 99.8 Å². The van der Waals surface area contributed by atoms with Gasteiger partial charge in [0.15, 0.2) is 0 Å². The highest BCUT2D eigenvalue weighted by atomic mass is 31.2. The molecule has 34 heavy (non-hydrogen) atoms. The molecule has 1 unspecified atom stereocenters. The topological polar surface area (TPSA) is 85.4 Å². The molecule has 9 heteroatoms. The van der Waals surface area contributed by atoms with Crippen LogP contribution in [-0.4, -0.2) is 53.3 Å². The number of benzene rings is 1. The molecule has 0 aliphatic carbocycles. The van der Waals surface area contributed by atoms with Crippen LogP contribution >= 0.6 is 8.53 Å². The average Bonchev–Trinajstić information content (AvgIpc) is 3.03. The van der Waals surface area contributed by atoms with E-state index < -0.39 is 26.3 Å². The van der Waals surface area contributed by atoms with Crippen LogP contribution in [0.5, 0.6) is 0 Å². The van der Waals surface area contributed by atoms with Gasteiger partial charge < -0.3 is 13.9 Å². The van der Waals surface area contributed by atoms with Crippen LogP contribution in [0.2, 0.25) is 0 Å². The summed E-state index contributed by atoms with van der Waals surface area (Å²) in [7, 11) is 0.687. The number of carbonyl (C=O) groups is 3. The summed E-state index contributed by atoms with van der Waals surface area (Å²) in [6, 6.07) is 7.20. The first-order valence-corrected chi connectivity index (χ1v) is 13.3. The molecular formula is C25H39N2O6P. The lowest BCUT2D eigenvalue weighted by atomic mass is 10.1. The predicted octanol–water partition coefficient (Wildman–Crippen LogP) is 5.87. The molecule has 1 heterocycles. The molecule has 2 rings (SSSR count). The van der Waals surface area contributed by atoms with Crippen LogP contribution in [0.15, 0.2) is 24.3 Å². The van der Waals surface area contributed by atoms with E-state index in [1.54, 1.807) is 31.4 Å². The summed E-state index contributed by atoms with van der Waals surface area (Å²) < 4.78 is 13.9. The highest BCUT2D eigenvalue weighted by Crippen LogP contribution is 2.45. The first kappa shape index (κ1) is 28.4. The van der Waals surface area contributed by atoms with E-state index in [1.807, 2.05) is 0 Å². The second kappa shape index (κ2) is 14.5. The number of nitrogens with zero attached hydrogens (tertiary/aromatic N) is 2. The highest BCUT2D eigenvalue weighted by Gasteiger charge is 2.38. The third-order valence-corrected chi connectivity index (χ3v) is 7.60. The fourth-order valence-corrected chi connectivity index (χ4v) is 5.45. The lowest BCUT2D eigenvalue weighted by molar-refractivity contribution is -0.168. The fourth-order valence-electron chi connectivity index (χ4n) is 3.98. The van der Waals surface area contributed by atoms with Crippen LogP contribution in [-0.2, 0) is 18.7 Å². The van der Waals surface area contributed by atoms with E-state index in [0.717, 1.165) is 38.5 Å². The van der Waals surface area contributed by atoms with Crippen LogP contribution in [0.4, 0.5) is 0 Å². The first-order chi connectivity index (χ1) is 16.3. The number of hydrogen-bond donors (Lipinski definition) is 0. The van der Waals surface area contributed by atoms with E-state index in [1.165, 1.54) is 0 Å². The Labute approximate surface area is 204 Å². The summed E-state index contributed by atoms with van der Waals surface area (Å²) in [6.45, 7) is 9.31. The van der Waals surface area contributed by atoms with Crippen molar-refractivity contribution in [2.45, 2.75) is 91.1 Å². The smallest absolute Gasteiger partial charge is 0.330 e. The van der Waals surface area contributed by atoms with Crippen LogP contribution < -0.4 is 0 Å². The Bertz CT molecular complexity index is 773. The molecule has 0 aromatic heterocycles. The van der Waals surface area contributed by atoms with Gasteiger partial charge in [0.1, 0.15) is 0 Å². The molecule has 0 fully saturated rings. The summed E-state index contributed by atoms with van der Waals surface area (Å²) in [5.41, 5.74) is 0.531. The normalized spacial score (nSPS) is 14.4. The van der Waals surface area contributed by atoms with E-state index in [4.69, 9.17) is 13.9 Å². The van der Waals surface area contributed by atoms with Crippen molar-refractivity contribution < 1.29 is 28.3 Å². The van der Waals surface area contributed by atoms with Crippen LogP contribution in [0.3, 0.4) is 0 Å². The van der Waals surface area contributed by atoms with Gasteiger partial charge in [0.25, 0.3) is 20.3 Å². The maximum Gasteiger partial charge on any atom is 0.333 e. The molecule has 1 aliphatic rings. The van der Waals surface area contributed by atoms with Crippen molar-refractivity contribution in [1.29, 1.82) is 0 Å². The Hall–Kier alpha value is -1.86. The number of carbonyl (C=O) groups excluding carboxylic acids is 3. The second-order valence-electron chi connectivity index (χ2n) is 8.96. The van der Waals surface area contributed by atoms with Gasteiger partial charge in [-0.25, -0.2) is 9.46 Å². The third kappa shape index (κ3) is 8.12. The molecule has 1 aliphatic heterocycles. The SMILES string of the molecule is COP(OCCCCCCCCCC(=O)ON1C(=O)c2ccccc2C1=O)N(C(C)C)C(C)C. The molecule has 0 radical (unpaired) electrons. The number of hydrogen-bond acceptors (Lipinski definition) is 7. The number of rotatable bonds is 16. The summed E-state index contributed by atoms with van der Waals surface area (Å²) in [6.07, 6.45) is 7.09. The van der Waals surface area contributed by atoms with Gasteiger partial charge in [0.05, 0.1) is 17.7 Å². The van der Waals surface area contributed by atoms with Crippen LogP contribution in [0, 0.1) is 0 Å². The minimum Gasteiger partial charge on any atom is -0.330 e. The number of amides is 2. The zero-order chi connectivity index (χ0) is 25.1. The average molecular weight is 495 g/mol. The zero-order valence-corrected chi connectivity index (χ0v) is 22.0. The maximum atomic E-state index is 12.2. The summed E-state index contributed by atoms with van der Waals surface area (Å²) in [5, 5.41) is 0.575. The Balaban J connectivity index is 1.52. The van der Waals surface area contributed by atoms with Gasteiger partial charge >= 0.3 is 5.97 Å². The van der Waals surface area contributed by atoms with E-state index in [9.17, 15) is 14.4 Å². The Morgan fingerprint density at radius 2 is 1.38 bits per heavy atom. The molecule has 0 bridgehead atoms. The van der Waals surface area contributed by atoms with Crippen molar-refractivity contribution >= 4 is 26.3 Å². The Morgan fingerprint density at radius 3 is 1.88 bits per heavy atom. The van der Waals surface area contributed by atoms with Crippen molar-refractivity contribution in [3.05, 3.63) is 35.4 Å². The minimum absolute atomic E-state index is 0.185. The number of fused-ring (bicyclic) bond motifs is 1. The Kier molecular flexibility index (Phi) is 12.1. The summed E-state index contributed by atoms with van der Waals surface area (Å²) in [4.78, 5) is 41.5. The largest absolute Gasteiger partial charge is 0.333 e. The van der Waals surface area contributed by atoms with E-state index in [2.05, 4.69) is 32.4 Å². The standard InChI is InChI=1S/C25H39N2O6P/c1-19(2)27(20(3)4)34(31-5)32-18-14-10-8-6-7-9-11-17-23(28)33-26-24(29)21-15-12-13-16-22(21)25(26)30/h12-13,15-16,19-20H,6-11,14,17-18H2,1-5H3. The van der Waals surface area contributed by atoms with Gasteiger partial charge in [-0.3, -0.25) is 9.59 Å². The predicted molar refractivity (Wildman–Crippen MR) is 132 cm³/mol. The van der Waals surface area contributed by atoms with Gasteiger partial charge in [-0.05, 0) is 52.7 Å². The second-order valence-corrected chi connectivity index (χ2v) is 10.5. The van der Waals surface area contributed by atoms with Gasteiger partial charge in [0.2, 0.25) is 0 Å². The maximum absolute atomic E-state index is 12.2. The summed E-state index contributed by atoms with van der Waals surface area (Å²) in [5.74, 6) is -1.73. The number of imide groups is 1. The van der Waals surface area contributed by atoms with Gasteiger partial charge in [0, 0.05) is 25.6 Å². The lowest BCUT2D eigenvalue weighted by Crippen LogP contribution is -2.33. The third-order valence-electron chi connectivity index (χ3n) is 5.58. The molecule has 190 valence electrons. The molecule has 0 spiro atoms. The quantitative estimate of drug-likeness (QED) is 0.161. The molecule has 1 aromatic rings. The first-order valence-electron chi connectivity index (χ1n) is 12.2. The molecule has 0 N–H and O–H groups in total. The molecule has 8 nitrogen and oxygen atoms in total. The van der Waals surface area contributed by atoms with E-state index in [0.29, 0.717) is 30.2 Å². The van der Waals surface area contributed by atoms with Crippen molar-refractivity contribution in [3.63, 3.8) is 0 Å². The molecular weight excluding hydrogens is 455 g/mol. The molecule has 0 saturated heterocycles. The Morgan fingerprint density at radius 1 is 0.882 bits per heavy atom. The molecule has 1 aromatic carbocycles. The van der Waals surface area contributed by atoms with Crippen LogP contribution in [0.25, 0.3) is 0 Å². The fraction of sp³-hybridized carbons (Fsp3) is 0.640. The molecule has 1 atom stereocenters. The molecule has 0 saturated carbocycles. The number of unbranched alkanes of at least 4 members (excludes halogenated alkanes) is 6. The number of hydroxylamine groups is 2. The van der Waals surface area contributed by atoms with Crippen molar-refractivity contribution in [3.8, 4) is 0 Å². The minimum atomic E-state index is -1.02. The lowest BCUT2D eigenvalue weighted by Gasteiger charge is -2.34. The van der Waals surface area contributed by atoms with Crippen molar-refractivity contribution in [2.75, 3.05) is 13.7 Å². The van der Waals surface area contributed by atoms with E-state index in [-0.39, 0.29) is 17.5 Å². The van der Waals surface area contributed by atoms with Gasteiger partial charge in [-0.15, -0.1) is 0 Å². The van der Waals surface area contributed by atoms with E-state index >= 15 is 0 Å². The van der Waals surface area contributed by atoms with Gasteiger partial charge in [-0.1, -0.05) is 49.3 Å².